The lowest BCUT2D eigenvalue weighted by atomic mass is 10.0. The first-order valence-corrected chi connectivity index (χ1v) is 3.09. The molecule has 2 atom stereocenters. The lowest BCUT2D eigenvalue weighted by Gasteiger charge is -2.21. The molecule has 50 valence electrons. The van der Waals surface area contributed by atoms with Crippen molar-refractivity contribution in [3.8, 4) is 6.07 Å². The van der Waals surface area contributed by atoms with E-state index in [1.54, 1.807) is 0 Å². The lowest BCUT2D eigenvalue weighted by molar-refractivity contribution is 0.00645. The third kappa shape index (κ3) is 1.67. The summed E-state index contributed by atoms with van der Waals surface area (Å²) < 4.78 is 5.04. The molecule has 3 heteroatoms. The van der Waals surface area contributed by atoms with Crippen LogP contribution >= 0.6 is 0 Å². The van der Waals surface area contributed by atoms with Crippen LogP contribution in [0.1, 0.15) is 12.8 Å². The summed E-state index contributed by atoms with van der Waals surface area (Å²) in [4.78, 5) is 0. The van der Waals surface area contributed by atoms with E-state index in [-0.39, 0.29) is 12.1 Å². The van der Waals surface area contributed by atoms with Gasteiger partial charge in [-0.2, -0.15) is 5.26 Å². The van der Waals surface area contributed by atoms with E-state index < -0.39 is 0 Å². The van der Waals surface area contributed by atoms with Gasteiger partial charge in [0.25, 0.3) is 0 Å². The molecular weight excluding hydrogens is 116 g/mol. The molecule has 2 unspecified atom stereocenters. The summed E-state index contributed by atoms with van der Waals surface area (Å²) in [5.41, 5.74) is 5.43. The average molecular weight is 126 g/mol. The highest BCUT2D eigenvalue weighted by atomic mass is 16.5. The van der Waals surface area contributed by atoms with Gasteiger partial charge in [-0.1, -0.05) is 0 Å². The third-order valence-corrected chi connectivity index (χ3v) is 1.50. The molecule has 0 aromatic carbocycles. The molecule has 1 heterocycles. The molecule has 9 heavy (non-hydrogen) atoms. The molecule has 0 radical (unpaired) electrons. The fourth-order valence-electron chi connectivity index (χ4n) is 0.945. The Kier molecular flexibility index (Phi) is 2.04. The van der Waals surface area contributed by atoms with Gasteiger partial charge in [0.2, 0.25) is 0 Å². The van der Waals surface area contributed by atoms with Crippen molar-refractivity contribution in [2.24, 2.45) is 11.7 Å². The summed E-state index contributed by atoms with van der Waals surface area (Å²) in [6.07, 6.45) is 1.32. The second-order valence-electron chi connectivity index (χ2n) is 2.26. The summed E-state index contributed by atoms with van der Waals surface area (Å²) in [5.74, 6) is 0.119. The molecule has 1 fully saturated rings. The molecule has 0 bridgehead atoms. The van der Waals surface area contributed by atoms with Gasteiger partial charge < -0.3 is 10.5 Å². The van der Waals surface area contributed by atoms with Crippen molar-refractivity contribution >= 4 is 0 Å². The maximum Gasteiger partial charge on any atom is 0.106 e. The van der Waals surface area contributed by atoms with E-state index in [0.717, 1.165) is 6.42 Å². The largest absolute Gasteiger partial charge is 0.364 e. The summed E-state index contributed by atoms with van der Waals surface area (Å²) >= 11 is 0. The molecule has 2 N–H and O–H groups in total. The Morgan fingerprint density at radius 2 is 2.44 bits per heavy atom. The molecular formula is C6H10N2O. The van der Waals surface area contributed by atoms with Crippen molar-refractivity contribution in [2.75, 3.05) is 6.61 Å². The van der Waals surface area contributed by atoms with Crippen molar-refractivity contribution in [2.45, 2.75) is 19.1 Å². The number of hydrogen-bond acceptors (Lipinski definition) is 3. The van der Waals surface area contributed by atoms with Crippen LogP contribution in [0.2, 0.25) is 0 Å². The predicted octanol–water partition coefficient (Wildman–Crippen LogP) is 0.221. The maximum absolute atomic E-state index is 8.45. The zero-order valence-corrected chi connectivity index (χ0v) is 5.21. The Morgan fingerprint density at radius 1 is 1.67 bits per heavy atom. The fourth-order valence-corrected chi connectivity index (χ4v) is 0.945. The standard InChI is InChI=1S/C6H10N2O/c7-4-5-1-2-9-6(8)3-5/h5-6H,1-3,8H2. The number of ether oxygens (including phenoxy) is 1. The number of rotatable bonds is 0. The van der Waals surface area contributed by atoms with Gasteiger partial charge in [-0.3, -0.25) is 0 Å². The molecule has 0 aromatic rings. The Labute approximate surface area is 54.4 Å². The van der Waals surface area contributed by atoms with Crippen molar-refractivity contribution < 1.29 is 4.74 Å². The van der Waals surface area contributed by atoms with Crippen molar-refractivity contribution in [1.82, 2.24) is 0 Å². The van der Waals surface area contributed by atoms with Crippen LogP contribution in [0.5, 0.6) is 0 Å². The lowest BCUT2D eigenvalue weighted by Crippen LogP contribution is -2.31. The second kappa shape index (κ2) is 2.81. The Balaban J connectivity index is 2.34. The van der Waals surface area contributed by atoms with E-state index in [1.165, 1.54) is 0 Å². The smallest absolute Gasteiger partial charge is 0.106 e. The van der Waals surface area contributed by atoms with Gasteiger partial charge >= 0.3 is 0 Å². The second-order valence-corrected chi connectivity index (χ2v) is 2.26. The van der Waals surface area contributed by atoms with E-state index in [1.807, 2.05) is 0 Å². The minimum Gasteiger partial charge on any atom is -0.364 e. The number of nitriles is 1. The van der Waals surface area contributed by atoms with Crippen molar-refractivity contribution in [1.29, 1.82) is 5.26 Å². The molecule has 3 nitrogen and oxygen atoms in total. The predicted molar refractivity (Wildman–Crippen MR) is 32.3 cm³/mol. The monoisotopic (exact) mass is 126 g/mol. The highest BCUT2D eigenvalue weighted by Gasteiger charge is 2.18. The molecule has 1 aliphatic rings. The van der Waals surface area contributed by atoms with E-state index in [4.69, 9.17) is 15.7 Å². The topological polar surface area (TPSA) is 59.0 Å². The van der Waals surface area contributed by atoms with Crippen LogP contribution in [0.3, 0.4) is 0 Å². The summed E-state index contributed by atoms with van der Waals surface area (Å²) in [5, 5.41) is 8.45. The van der Waals surface area contributed by atoms with Gasteiger partial charge in [0.15, 0.2) is 0 Å². The molecule has 0 aliphatic carbocycles. The van der Waals surface area contributed by atoms with Crippen molar-refractivity contribution in [3.63, 3.8) is 0 Å². The van der Waals surface area contributed by atoms with E-state index in [0.29, 0.717) is 13.0 Å². The van der Waals surface area contributed by atoms with Crippen molar-refractivity contribution in [3.05, 3.63) is 0 Å². The van der Waals surface area contributed by atoms with E-state index >= 15 is 0 Å². The molecule has 0 spiro atoms. The number of nitrogens with zero attached hydrogens (tertiary/aromatic N) is 1. The molecule has 1 rings (SSSR count). The third-order valence-electron chi connectivity index (χ3n) is 1.50. The summed E-state index contributed by atoms with van der Waals surface area (Å²) in [6, 6.07) is 2.17. The van der Waals surface area contributed by atoms with Gasteiger partial charge in [0, 0.05) is 13.0 Å². The molecule has 1 aliphatic heterocycles. The molecule has 0 saturated carbocycles. The quantitative estimate of drug-likeness (QED) is 0.505. The van der Waals surface area contributed by atoms with Gasteiger partial charge in [-0.15, -0.1) is 0 Å². The van der Waals surface area contributed by atoms with Crippen LogP contribution in [0, 0.1) is 17.2 Å². The zero-order chi connectivity index (χ0) is 6.69. The van der Waals surface area contributed by atoms with Crippen LogP contribution in [-0.2, 0) is 4.74 Å². The zero-order valence-electron chi connectivity index (χ0n) is 5.21. The normalized spacial score (nSPS) is 35.6. The first-order chi connectivity index (χ1) is 4.33. The molecule has 1 saturated heterocycles. The number of hydrogen-bond donors (Lipinski definition) is 1. The minimum atomic E-state index is -0.205. The van der Waals surface area contributed by atoms with E-state index in [2.05, 4.69) is 6.07 Å². The Bertz CT molecular complexity index is 130. The van der Waals surface area contributed by atoms with Crippen LogP contribution in [0.15, 0.2) is 0 Å². The average Bonchev–Trinajstić information content (AvgIpc) is 1.88. The fraction of sp³-hybridized carbons (Fsp3) is 0.833. The summed E-state index contributed by atoms with van der Waals surface area (Å²) in [6.45, 7) is 0.638. The molecule has 0 amide bonds. The highest BCUT2D eigenvalue weighted by Crippen LogP contribution is 2.15. The van der Waals surface area contributed by atoms with Crippen LogP contribution < -0.4 is 5.73 Å². The van der Waals surface area contributed by atoms with Gasteiger partial charge in [-0.25, -0.2) is 0 Å². The minimum absolute atomic E-state index is 0.119. The Morgan fingerprint density at radius 3 is 2.89 bits per heavy atom. The van der Waals surface area contributed by atoms with Crippen LogP contribution in [0.25, 0.3) is 0 Å². The number of nitrogens with two attached hydrogens (primary N) is 1. The van der Waals surface area contributed by atoms with Gasteiger partial charge in [0.05, 0.1) is 12.0 Å². The first kappa shape index (κ1) is 6.53. The first-order valence-electron chi connectivity index (χ1n) is 3.09. The maximum atomic E-state index is 8.45. The van der Waals surface area contributed by atoms with E-state index in [9.17, 15) is 0 Å². The summed E-state index contributed by atoms with van der Waals surface area (Å²) in [7, 11) is 0. The van der Waals surface area contributed by atoms with Gasteiger partial charge in [-0.05, 0) is 6.42 Å². The van der Waals surface area contributed by atoms with Gasteiger partial charge in [0.1, 0.15) is 6.23 Å². The van der Waals surface area contributed by atoms with Crippen LogP contribution in [0.4, 0.5) is 0 Å². The Hall–Kier alpha value is -0.590. The van der Waals surface area contributed by atoms with Crippen LogP contribution in [-0.4, -0.2) is 12.8 Å². The SMILES string of the molecule is N#CC1CCOC(N)C1. The molecule has 0 aromatic heterocycles. The highest BCUT2D eigenvalue weighted by molar-refractivity contribution is 4.85.